The Hall–Kier alpha value is -1.30. The summed E-state index contributed by atoms with van der Waals surface area (Å²) in [5, 5.41) is 3.03. The molecule has 0 aliphatic rings. The van der Waals surface area contributed by atoms with Crippen LogP contribution in [0.5, 0.6) is 0 Å². The molecule has 0 fully saturated rings. The molecule has 0 saturated carbocycles. The highest BCUT2D eigenvalue weighted by Crippen LogP contribution is 2.29. The van der Waals surface area contributed by atoms with Gasteiger partial charge in [-0.3, -0.25) is 0 Å². The average molecular weight is 409 g/mol. The highest BCUT2D eigenvalue weighted by Gasteiger charge is 2.12. The Labute approximate surface area is 187 Å². The SMILES string of the molecule is CCCCC(CCC)CCc1cccc2c(CCC(CCC)CCCC)cccc12. The predicted octanol–water partition coefficient (Wildman–Crippen LogP) is 9.92. The lowest BCUT2D eigenvalue weighted by Gasteiger charge is -2.18. The third-order valence-corrected chi connectivity index (χ3v) is 7.07. The van der Waals surface area contributed by atoms with Crippen LogP contribution in [0.2, 0.25) is 0 Å². The van der Waals surface area contributed by atoms with Crippen LogP contribution in [0.25, 0.3) is 10.8 Å². The fourth-order valence-corrected chi connectivity index (χ4v) is 5.26. The highest BCUT2D eigenvalue weighted by atomic mass is 14.2. The monoisotopic (exact) mass is 408 g/mol. The van der Waals surface area contributed by atoms with E-state index in [-0.39, 0.29) is 0 Å². The van der Waals surface area contributed by atoms with Gasteiger partial charge in [0.15, 0.2) is 0 Å². The van der Waals surface area contributed by atoms with Crippen molar-refractivity contribution in [3.63, 3.8) is 0 Å². The van der Waals surface area contributed by atoms with Crippen molar-refractivity contribution in [3.8, 4) is 0 Å². The number of rotatable bonds is 16. The molecule has 0 N–H and O–H groups in total. The van der Waals surface area contributed by atoms with Gasteiger partial charge in [-0.25, -0.2) is 0 Å². The van der Waals surface area contributed by atoms with Crippen LogP contribution in [0.4, 0.5) is 0 Å². The lowest BCUT2D eigenvalue weighted by atomic mass is 9.87. The van der Waals surface area contributed by atoms with Crippen molar-refractivity contribution in [1.29, 1.82) is 0 Å². The standard InChI is InChI=1S/C30H48/c1-5-9-15-25(13-7-3)21-23-27-17-11-20-30-28(18-12-19-29(27)30)24-22-26(14-8-4)16-10-6-2/h11-12,17-20,25-26H,5-10,13-16,21-24H2,1-4H3. The van der Waals surface area contributed by atoms with E-state index in [9.17, 15) is 0 Å². The van der Waals surface area contributed by atoms with Gasteiger partial charge < -0.3 is 0 Å². The van der Waals surface area contributed by atoms with Gasteiger partial charge in [-0.2, -0.15) is 0 Å². The lowest BCUT2D eigenvalue weighted by molar-refractivity contribution is 0.402. The molecule has 0 aliphatic carbocycles. The topological polar surface area (TPSA) is 0 Å². The van der Waals surface area contributed by atoms with Gasteiger partial charge in [-0.15, -0.1) is 0 Å². The van der Waals surface area contributed by atoms with Gasteiger partial charge >= 0.3 is 0 Å². The zero-order valence-electron chi connectivity index (χ0n) is 20.5. The first-order valence-electron chi connectivity index (χ1n) is 13.2. The van der Waals surface area contributed by atoms with Crippen LogP contribution >= 0.6 is 0 Å². The van der Waals surface area contributed by atoms with Crippen LogP contribution in [0.15, 0.2) is 36.4 Å². The second kappa shape index (κ2) is 14.7. The minimum Gasteiger partial charge on any atom is -0.0654 e. The number of unbranched alkanes of at least 4 members (excludes halogenated alkanes) is 2. The van der Waals surface area contributed by atoms with E-state index in [2.05, 4.69) is 64.1 Å². The molecule has 0 heterocycles. The molecule has 0 nitrogen and oxygen atoms in total. The van der Waals surface area contributed by atoms with Crippen LogP contribution in [-0.4, -0.2) is 0 Å². The Kier molecular flexibility index (Phi) is 12.2. The van der Waals surface area contributed by atoms with Gasteiger partial charge in [-0.1, -0.05) is 128 Å². The molecule has 2 unspecified atom stereocenters. The Bertz CT molecular complexity index is 637. The summed E-state index contributed by atoms with van der Waals surface area (Å²) in [7, 11) is 0. The summed E-state index contributed by atoms with van der Waals surface area (Å²) in [5.41, 5.74) is 3.14. The number of benzene rings is 2. The summed E-state index contributed by atoms with van der Waals surface area (Å²) >= 11 is 0. The Morgan fingerprint density at radius 1 is 0.500 bits per heavy atom. The van der Waals surface area contributed by atoms with Gasteiger partial charge in [0.2, 0.25) is 0 Å². The van der Waals surface area contributed by atoms with Crippen LogP contribution in [0, 0.1) is 11.8 Å². The summed E-state index contributed by atoms with van der Waals surface area (Å²) < 4.78 is 0. The van der Waals surface area contributed by atoms with Crippen molar-refractivity contribution >= 4 is 10.8 Å². The Morgan fingerprint density at radius 2 is 0.933 bits per heavy atom. The van der Waals surface area contributed by atoms with E-state index in [0.29, 0.717) is 0 Å². The molecule has 0 bridgehead atoms. The molecule has 2 atom stereocenters. The third-order valence-electron chi connectivity index (χ3n) is 7.07. The van der Waals surface area contributed by atoms with Crippen molar-refractivity contribution in [2.75, 3.05) is 0 Å². The summed E-state index contributed by atoms with van der Waals surface area (Å²) in [6.07, 6.45) is 18.9. The number of hydrogen-bond donors (Lipinski definition) is 0. The quantitative estimate of drug-likeness (QED) is 0.259. The van der Waals surface area contributed by atoms with Crippen molar-refractivity contribution < 1.29 is 0 Å². The zero-order chi connectivity index (χ0) is 21.6. The van der Waals surface area contributed by atoms with Crippen molar-refractivity contribution in [1.82, 2.24) is 0 Å². The molecule has 2 aromatic rings. The lowest BCUT2D eigenvalue weighted by Crippen LogP contribution is -2.04. The van der Waals surface area contributed by atoms with Crippen molar-refractivity contribution in [2.45, 2.75) is 118 Å². The molecule has 0 aliphatic heterocycles. The van der Waals surface area contributed by atoms with E-state index >= 15 is 0 Å². The molecular formula is C30H48. The molecule has 0 amide bonds. The fraction of sp³-hybridized carbons (Fsp3) is 0.667. The smallest absolute Gasteiger partial charge is 0.0149 e. The van der Waals surface area contributed by atoms with E-state index in [1.54, 1.807) is 11.1 Å². The summed E-state index contributed by atoms with van der Waals surface area (Å²) in [6, 6.07) is 14.1. The third kappa shape index (κ3) is 8.09. The fourth-order valence-electron chi connectivity index (χ4n) is 5.26. The molecule has 2 rings (SSSR count). The maximum absolute atomic E-state index is 2.38. The predicted molar refractivity (Wildman–Crippen MR) is 136 cm³/mol. The first-order valence-corrected chi connectivity index (χ1v) is 13.2. The minimum absolute atomic E-state index is 0.904. The van der Waals surface area contributed by atoms with Gasteiger partial charge in [0.1, 0.15) is 0 Å². The van der Waals surface area contributed by atoms with Crippen LogP contribution in [-0.2, 0) is 12.8 Å². The van der Waals surface area contributed by atoms with Crippen molar-refractivity contribution in [3.05, 3.63) is 47.5 Å². The van der Waals surface area contributed by atoms with E-state index in [4.69, 9.17) is 0 Å². The minimum atomic E-state index is 0.904. The molecule has 0 aromatic heterocycles. The van der Waals surface area contributed by atoms with Crippen molar-refractivity contribution in [2.24, 2.45) is 11.8 Å². The molecule has 2 aromatic carbocycles. The maximum atomic E-state index is 2.38. The Balaban J connectivity index is 2.09. The van der Waals surface area contributed by atoms with Gasteiger partial charge in [0.05, 0.1) is 0 Å². The average Bonchev–Trinajstić information content (AvgIpc) is 2.77. The highest BCUT2D eigenvalue weighted by molar-refractivity contribution is 5.88. The summed E-state index contributed by atoms with van der Waals surface area (Å²) in [4.78, 5) is 0. The largest absolute Gasteiger partial charge is 0.0654 e. The van der Waals surface area contributed by atoms with Crippen LogP contribution in [0.1, 0.15) is 116 Å². The molecule has 30 heavy (non-hydrogen) atoms. The van der Waals surface area contributed by atoms with Crippen LogP contribution in [0.3, 0.4) is 0 Å². The van der Waals surface area contributed by atoms with E-state index in [1.807, 2.05) is 0 Å². The molecule has 0 radical (unpaired) electrons. The maximum Gasteiger partial charge on any atom is -0.0149 e. The summed E-state index contributed by atoms with van der Waals surface area (Å²) in [6.45, 7) is 9.33. The second-order valence-corrected chi connectivity index (χ2v) is 9.60. The van der Waals surface area contributed by atoms with Gasteiger partial charge in [-0.05, 0) is 59.4 Å². The molecule has 0 heteroatoms. The normalized spacial score (nSPS) is 13.6. The van der Waals surface area contributed by atoms with Crippen LogP contribution < -0.4 is 0 Å². The van der Waals surface area contributed by atoms with Gasteiger partial charge in [0, 0.05) is 0 Å². The molecule has 0 spiro atoms. The van der Waals surface area contributed by atoms with Gasteiger partial charge in [0.25, 0.3) is 0 Å². The van der Waals surface area contributed by atoms with E-state index in [1.165, 1.54) is 101 Å². The second-order valence-electron chi connectivity index (χ2n) is 9.60. The first kappa shape index (κ1) is 25.0. The number of hydrogen-bond acceptors (Lipinski definition) is 0. The molecular weight excluding hydrogens is 360 g/mol. The Morgan fingerprint density at radius 3 is 1.30 bits per heavy atom. The molecule has 168 valence electrons. The first-order chi connectivity index (χ1) is 14.7. The molecule has 0 saturated heterocycles. The van der Waals surface area contributed by atoms with E-state index < -0.39 is 0 Å². The van der Waals surface area contributed by atoms with E-state index in [0.717, 1.165) is 11.8 Å². The zero-order valence-corrected chi connectivity index (χ0v) is 20.5. The number of fused-ring (bicyclic) bond motifs is 1. The number of aryl methyl sites for hydroxylation is 2. The summed E-state index contributed by atoms with van der Waals surface area (Å²) in [5.74, 6) is 1.81.